The fourth-order valence-electron chi connectivity index (χ4n) is 2.03. The zero-order valence-corrected chi connectivity index (χ0v) is 14.0. The Labute approximate surface area is 145 Å². The molecular weight excluding hydrogens is 330 g/mol. The molecule has 5 nitrogen and oxygen atoms in total. The summed E-state index contributed by atoms with van der Waals surface area (Å²) < 4.78 is 10.4. The van der Waals surface area contributed by atoms with Gasteiger partial charge in [-0.3, -0.25) is 9.59 Å². The highest BCUT2D eigenvalue weighted by atomic mass is 35.5. The van der Waals surface area contributed by atoms with E-state index in [2.05, 4.69) is 5.32 Å². The minimum atomic E-state index is -0.517. The molecule has 2 aromatic carbocycles. The number of halogens is 1. The third-order valence-electron chi connectivity index (χ3n) is 3.12. The summed E-state index contributed by atoms with van der Waals surface area (Å²) in [5.41, 5.74) is 1.19. The van der Waals surface area contributed by atoms with Crippen molar-refractivity contribution in [1.82, 2.24) is 0 Å². The Morgan fingerprint density at radius 1 is 1.08 bits per heavy atom. The summed E-state index contributed by atoms with van der Waals surface area (Å²) in [4.78, 5) is 23.7. The number of carbonyl (C=O) groups excluding carboxylic acids is 2. The van der Waals surface area contributed by atoms with Gasteiger partial charge in [-0.2, -0.15) is 0 Å². The van der Waals surface area contributed by atoms with Crippen molar-refractivity contribution in [2.24, 2.45) is 0 Å². The number of rotatable bonds is 7. The highest BCUT2D eigenvalue weighted by Gasteiger charge is 2.12. The predicted octanol–water partition coefficient (Wildman–Crippen LogP) is 3.46. The first-order valence-electron chi connectivity index (χ1n) is 7.51. The fourth-order valence-corrected chi connectivity index (χ4v) is 2.23. The maximum absolute atomic E-state index is 11.9. The average molecular weight is 348 g/mol. The van der Waals surface area contributed by atoms with Crippen LogP contribution in [0.2, 0.25) is 5.02 Å². The number of hydrogen-bond donors (Lipinski definition) is 1. The second kappa shape index (κ2) is 8.93. The third-order valence-corrected chi connectivity index (χ3v) is 3.49. The average Bonchev–Trinajstić information content (AvgIpc) is 2.57. The van der Waals surface area contributed by atoms with E-state index < -0.39 is 11.9 Å². The van der Waals surface area contributed by atoms with Gasteiger partial charge in [-0.25, -0.2) is 0 Å². The Hall–Kier alpha value is -2.53. The lowest BCUT2D eigenvalue weighted by Crippen LogP contribution is -2.22. The molecular formula is C18H18ClNO4. The van der Waals surface area contributed by atoms with Crippen LogP contribution in [-0.4, -0.2) is 25.1 Å². The molecule has 0 aliphatic heterocycles. The molecule has 0 aromatic heterocycles. The van der Waals surface area contributed by atoms with Crippen molar-refractivity contribution < 1.29 is 19.1 Å². The van der Waals surface area contributed by atoms with Gasteiger partial charge in [-0.15, -0.1) is 0 Å². The molecule has 0 aliphatic carbocycles. The first-order chi connectivity index (χ1) is 11.6. The molecule has 0 spiro atoms. The molecule has 0 bridgehead atoms. The van der Waals surface area contributed by atoms with Gasteiger partial charge in [0.25, 0.3) is 5.91 Å². The molecule has 0 saturated carbocycles. The Bertz CT molecular complexity index is 718. The van der Waals surface area contributed by atoms with Gasteiger partial charge in [0.15, 0.2) is 6.61 Å². The molecule has 0 saturated heterocycles. The number of ether oxygens (including phenoxy) is 2. The summed E-state index contributed by atoms with van der Waals surface area (Å²) in [6, 6.07) is 14.1. The molecule has 2 aromatic rings. The van der Waals surface area contributed by atoms with E-state index in [-0.39, 0.29) is 13.0 Å². The number of para-hydroxylation sites is 2. The van der Waals surface area contributed by atoms with Crippen LogP contribution in [0.25, 0.3) is 0 Å². The Balaban J connectivity index is 1.85. The van der Waals surface area contributed by atoms with Crippen LogP contribution >= 0.6 is 11.6 Å². The number of esters is 1. The largest absolute Gasteiger partial charge is 0.492 e. The van der Waals surface area contributed by atoms with Crippen LogP contribution in [0.4, 0.5) is 5.69 Å². The topological polar surface area (TPSA) is 64.6 Å². The molecule has 0 heterocycles. The van der Waals surface area contributed by atoms with Crippen molar-refractivity contribution in [3.8, 4) is 5.75 Å². The molecule has 2 rings (SSSR count). The minimum absolute atomic E-state index is 0.0164. The van der Waals surface area contributed by atoms with Gasteiger partial charge >= 0.3 is 5.97 Å². The third kappa shape index (κ3) is 5.28. The number of hydrogen-bond acceptors (Lipinski definition) is 4. The lowest BCUT2D eigenvalue weighted by atomic mass is 10.1. The van der Waals surface area contributed by atoms with Crippen molar-refractivity contribution in [2.75, 3.05) is 18.5 Å². The van der Waals surface area contributed by atoms with E-state index in [1.807, 2.05) is 13.0 Å². The predicted molar refractivity (Wildman–Crippen MR) is 92.4 cm³/mol. The van der Waals surface area contributed by atoms with Gasteiger partial charge in [-0.05, 0) is 30.7 Å². The molecule has 0 atom stereocenters. The number of amides is 1. The number of carbonyl (C=O) groups is 2. The van der Waals surface area contributed by atoms with Crippen molar-refractivity contribution in [3.05, 3.63) is 59.1 Å². The van der Waals surface area contributed by atoms with Gasteiger partial charge in [0, 0.05) is 5.02 Å². The van der Waals surface area contributed by atoms with Gasteiger partial charge < -0.3 is 14.8 Å². The van der Waals surface area contributed by atoms with Gasteiger partial charge in [0.1, 0.15) is 5.75 Å². The molecule has 1 amide bonds. The lowest BCUT2D eigenvalue weighted by molar-refractivity contribution is -0.146. The zero-order chi connectivity index (χ0) is 17.4. The van der Waals surface area contributed by atoms with Crippen LogP contribution in [0.5, 0.6) is 5.75 Å². The van der Waals surface area contributed by atoms with Crippen LogP contribution in [0.3, 0.4) is 0 Å². The second-order valence-corrected chi connectivity index (χ2v) is 5.31. The lowest BCUT2D eigenvalue weighted by Gasteiger charge is -2.11. The van der Waals surface area contributed by atoms with Crippen LogP contribution in [0.15, 0.2) is 48.5 Å². The number of nitrogens with one attached hydrogen (secondary N) is 1. The zero-order valence-electron chi connectivity index (χ0n) is 13.3. The standard InChI is InChI=1S/C18H18ClNO4/c1-2-23-16-10-6-5-9-15(16)20-17(21)12-24-18(22)11-13-7-3-4-8-14(13)19/h3-10H,2,11-12H2,1H3,(H,20,21). The summed E-state index contributed by atoms with van der Waals surface area (Å²) in [7, 11) is 0. The van der Waals surface area contributed by atoms with E-state index in [4.69, 9.17) is 21.1 Å². The highest BCUT2D eigenvalue weighted by molar-refractivity contribution is 6.31. The van der Waals surface area contributed by atoms with Gasteiger partial charge in [-0.1, -0.05) is 41.9 Å². The van der Waals surface area contributed by atoms with Crippen LogP contribution < -0.4 is 10.1 Å². The summed E-state index contributed by atoms with van der Waals surface area (Å²) >= 11 is 5.98. The minimum Gasteiger partial charge on any atom is -0.492 e. The Morgan fingerprint density at radius 3 is 2.54 bits per heavy atom. The molecule has 0 radical (unpaired) electrons. The van der Waals surface area contributed by atoms with Crippen molar-refractivity contribution >= 4 is 29.2 Å². The van der Waals surface area contributed by atoms with E-state index in [1.54, 1.807) is 42.5 Å². The van der Waals surface area contributed by atoms with Crippen LogP contribution in [-0.2, 0) is 20.7 Å². The first kappa shape index (κ1) is 17.8. The molecule has 0 fully saturated rings. The summed E-state index contributed by atoms with van der Waals surface area (Å²) in [5, 5.41) is 3.15. The maximum atomic E-state index is 11.9. The highest BCUT2D eigenvalue weighted by Crippen LogP contribution is 2.23. The number of anilines is 1. The summed E-state index contributed by atoms with van der Waals surface area (Å²) in [5.74, 6) is -0.387. The first-order valence-corrected chi connectivity index (χ1v) is 7.88. The van der Waals surface area contributed by atoms with Gasteiger partial charge in [0.05, 0.1) is 18.7 Å². The molecule has 24 heavy (non-hydrogen) atoms. The van der Waals surface area contributed by atoms with Crippen molar-refractivity contribution in [2.45, 2.75) is 13.3 Å². The van der Waals surface area contributed by atoms with E-state index in [0.29, 0.717) is 28.6 Å². The van der Waals surface area contributed by atoms with E-state index in [9.17, 15) is 9.59 Å². The molecule has 0 unspecified atom stereocenters. The van der Waals surface area contributed by atoms with E-state index in [1.165, 1.54) is 0 Å². The maximum Gasteiger partial charge on any atom is 0.310 e. The Kier molecular flexibility index (Phi) is 6.63. The van der Waals surface area contributed by atoms with E-state index >= 15 is 0 Å². The van der Waals surface area contributed by atoms with Crippen molar-refractivity contribution in [1.29, 1.82) is 0 Å². The fraction of sp³-hybridized carbons (Fsp3) is 0.222. The van der Waals surface area contributed by atoms with Crippen molar-refractivity contribution in [3.63, 3.8) is 0 Å². The molecule has 1 N–H and O–H groups in total. The summed E-state index contributed by atoms with van der Waals surface area (Å²) in [6.45, 7) is 1.97. The normalized spacial score (nSPS) is 10.1. The quantitative estimate of drug-likeness (QED) is 0.779. The summed E-state index contributed by atoms with van der Waals surface area (Å²) in [6.07, 6.45) is 0.0164. The SMILES string of the molecule is CCOc1ccccc1NC(=O)COC(=O)Cc1ccccc1Cl. The molecule has 126 valence electrons. The van der Waals surface area contributed by atoms with Crippen LogP contribution in [0, 0.1) is 0 Å². The smallest absolute Gasteiger partial charge is 0.310 e. The van der Waals surface area contributed by atoms with Crippen LogP contribution in [0.1, 0.15) is 12.5 Å². The molecule has 0 aliphatic rings. The van der Waals surface area contributed by atoms with E-state index in [0.717, 1.165) is 0 Å². The molecule has 6 heteroatoms. The second-order valence-electron chi connectivity index (χ2n) is 4.91. The Morgan fingerprint density at radius 2 is 1.79 bits per heavy atom. The number of benzene rings is 2. The monoisotopic (exact) mass is 347 g/mol. The van der Waals surface area contributed by atoms with Gasteiger partial charge in [0.2, 0.25) is 0 Å².